The van der Waals surface area contributed by atoms with Crippen LogP contribution in [0.3, 0.4) is 0 Å². The second-order valence-electron chi connectivity index (χ2n) is 6.30. The lowest BCUT2D eigenvalue weighted by atomic mass is 10.0. The van der Waals surface area contributed by atoms with E-state index in [2.05, 4.69) is 64.2 Å². The van der Waals surface area contributed by atoms with Gasteiger partial charge in [-0.25, -0.2) is 9.97 Å². The third kappa shape index (κ3) is 4.42. The average molecular weight is 369 g/mol. The molecule has 7 heteroatoms. The summed E-state index contributed by atoms with van der Waals surface area (Å²) in [7, 11) is 2.14. The summed E-state index contributed by atoms with van der Waals surface area (Å²) < 4.78 is 10.3. The zero-order valence-corrected chi connectivity index (χ0v) is 16.4. The molecule has 0 aliphatic carbocycles. The summed E-state index contributed by atoms with van der Waals surface area (Å²) in [5.41, 5.74) is 4.47. The summed E-state index contributed by atoms with van der Waals surface area (Å²) in [6.45, 7) is 8.48. The van der Waals surface area contributed by atoms with Crippen molar-refractivity contribution in [2.45, 2.75) is 27.2 Å². The molecule has 2 aromatic heterocycles. The molecule has 0 aliphatic heterocycles. The fourth-order valence-corrected chi connectivity index (χ4v) is 3.14. The number of aromatic nitrogens is 4. The van der Waals surface area contributed by atoms with Crippen LogP contribution in [0, 0.1) is 13.8 Å². The minimum absolute atomic E-state index is 0.518. The highest BCUT2D eigenvalue weighted by molar-refractivity contribution is 7.07. The van der Waals surface area contributed by atoms with E-state index in [0.717, 1.165) is 36.4 Å². The molecule has 0 amide bonds. The Morgan fingerprint density at radius 3 is 2.62 bits per heavy atom. The highest BCUT2D eigenvalue weighted by atomic mass is 32.1. The first-order chi connectivity index (χ1) is 12.6. The minimum atomic E-state index is 0.518. The standard InChI is InChI=1S/C19H23N5OS/c1-5-24(4)7-6-15-8-14(3)17(9-13(15)2)25-19-22-18(23-26-19)16-10-20-12-21-11-16/h8-12H,5-7H2,1-4H3. The van der Waals surface area contributed by atoms with Gasteiger partial charge in [0.25, 0.3) is 5.19 Å². The molecule has 0 aliphatic rings. The molecular formula is C19H23N5OS. The summed E-state index contributed by atoms with van der Waals surface area (Å²) in [5.74, 6) is 1.40. The van der Waals surface area contributed by atoms with E-state index in [9.17, 15) is 0 Å². The molecule has 0 fully saturated rings. The molecule has 0 bridgehead atoms. The van der Waals surface area contributed by atoms with Gasteiger partial charge in [-0.3, -0.25) is 0 Å². The molecule has 2 heterocycles. The van der Waals surface area contributed by atoms with E-state index < -0.39 is 0 Å². The zero-order chi connectivity index (χ0) is 18.5. The van der Waals surface area contributed by atoms with Crippen molar-refractivity contribution in [3.63, 3.8) is 0 Å². The molecule has 0 radical (unpaired) electrons. The summed E-state index contributed by atoms with van der Waals surface area (Å²) in [4.78, 5) is 14.7. The van der Waals surface area contributed by atoms with Crippen LogP contribution in [-0.2, 0) is 6.42 Å². The van der Waals surface area contributed by atoms with Crippen LogP contribution in [0.2, 0.25) is 0 Å². The molecule has 6 nitrogen and oxygen atoms in total. The molecule has 0 unspecified atom stereocenters. The number of likely N-dealkylation sites (N-methyl/N-ethyl adjacent to an activating group) is 1. The van der Waals surface area contributed by atoms with Crippen molar-refractivity contribution >= 4 is 11.5 Å². The van der Waals surface area contributed by atoms with Gasteiger partial charge in [0.1, 0.15) is 12.1 Å². The van der Waals surface area contributed by atoms with Crippen LogP contribution in [0.4, 0.5) is 0 Å². The van der Waals surface area contributed by atoms with Gasteiger partial charge in [-0.2, -0.15) is 9.36 Å². The number of aryl methyl sites for hydroxylation is 2. The van der Waals surface area contributed by atoms with Crippen LogP contribution in [0.25, 0.3) is 11.4 Å². The monoisotopic (exact) mass is 369 g/mol. The smallest absolute Gasteiger partial charge is 0.299 e. The Labute approximate surface area is 158 Å². The van der Waals surface area contributed by atoms with E-state index in [0.29, 0.717) is 11.0 Å². The number of hydrogen-bond donors (Lipinski definition) is 0. The molecule has 3 rings (SSSR count). The summed E-state index contributed by atoms with van der Waals surface area (Å²) in [6.07, 6.45) is 5.90. The van der Waals surface area contributed by atoms with Gasteiger partial charge in [0.15, 0.2) is 5.82 Å². The van der Waals surface area contributed by atoms with E-state index in [-0.39, 0.29) is 0 Å². The number of hydrogen-bond acceptors (Lipinski definition) is 7. The highest BCUT2D eigenvalue weighted by Gasteiger charge is 2.12. The second-order valence-corrected chi connectivity index (χ2v) is 7.02. The molecule has 136 valence electrons. The minimum Gasteiger partial charge on any atom is -0.430 e. The Morgan fingerprint density at radius 1 is 1.12 bits per heavy atom. The van der Waals surface area contributed by atoms with Crippen molar-refractivity contribution in [2.75, 3.05) is 20.1 Å². The molecule has 0 atom stereocenters. The predicted octanol–water partition coefficient (Wildman–Crippen LogP) is 3.90. The fourth-order valence-electron chi connectivity index (χ4n) is 2.58. The van der Waals surface area contributed by atoms with E-state index >= 15 is 0 Å². The van der Waals surface area contributed by atoms with Crippen molar-refractivity contribution < 1.29 is 4.74 Å². The predicted molar refractivity (Wildman–Crippen MR) is 104 cm³/mol. The average Bonchev–Trinajstić information content (AvgIpc) is 3.12. The maximum absolute atomic E-state index is 5.99. The molecule has 0 spiro atoms. The summed E-state index contributed by atoms with van der Waals surface area (Å²) >= 11 is 1.23. The lowest BCUT2D eigenvalue weighted by Crippen LogP contribution is -2.20. The van der Waals surface area contributed by atoms with Gasteiger partial charge in [-0.15, -0.1) is 0 Å². The number of ether oxygens (including phenoxy) is 1. The second kappa shape index (κ2) is 8.33. The zero-order valence-electron chi connectivity index (χ0n) is 15.6. The van der Waals surface area contributed by atoms with Crippen molar-refractivity contribution in [3.05, 3.63) is 47.5 Å². The maximum atomic E-state index is 5.99. The Hall–Kier alpha value is -2.38. The molecule has 0 saturated heterocycles. The van der Waals surface area contributed by atoms with Gasteiger partial charge in [0, 0.05) is 30.5 Å². The van der Waals surface area contributed by atoms with Gasteiger partial charge in [-0.05, 0) is 56.6 Å². The van der Waals surface area contributed by atoms with Crippen LogP contribution in [0.15, 0.2) is 30.9 Å². The normalized spacial score (nSPS) is 11.1. The van der Waals surface area contributed by atoms with E-state index in [1.54, 1.807) is 12.4 Å². The van der Waals surface area contributed by atoms with Crippen molar-refractivity contribution in [3.8, 4) is 22.3 Å². The van der Waals surface area contributed by atoms with Crippen molar-refractivity contribution in [2.24, 2.45) is 0 Å². The molecular weight excluding hydrogens is 346 g/mol. The molecule has 1 aromatic carbocycles. The largest absolute Gasteiger partial charge is 0.430 e. The first-order valence-electron chi connectivity index (χ1n) is 8.62. The molecule has 0 N–H and O–H groups in total. The van der Waals surface area contributed by atoms with Crippen LogP contribution >= 0.6 is 11.5 Å². The van der Waals surface area contributed by atoms with Gasteiger partial charge in [-0.1, -0.05) is 13.0 Å². The number of benzene rings is 1. The van der Waals surface area contributed by atoms with Gasteiger partial charge < -0.3 is 9.64 Å². The lowest BCUT2D eigenvalue weighted by molar-refractivity contribution is 0.357. The van der Waals surface area contributed by atoms with Crippen molar-refractivity contribution in [1.29, 1.82) is 0 Å². The fraction of sp³-hybridized carbons (Fsp3) is 0.368. The van der Waals surface area contributed by atoms with Gasteiger partial charge in [0.05, 0.1) is 5.56 Å². The topological polar surface area (TPSA) is 64.0 Å². The van der Waals surface area contributed by atoms with Crippen LogP contribution in [0.5, 0.6) is 10.9 Å². The van der Waals surface area contributed by atoms with E-state index in [1.165, 1.54) is 29.0 Å². The Balaban J connectivity index is 1.74. The molecule has 3 aromatic rings. The Kier molecular flexibility index (Phi) is 5.90. The summed E-state index contributed by atoms with van der Waals surface area (Å²) in [5, 5.41) is 0.518. The quantitative estimate of drug-likeness (QED) is 0.629. The van der Waals surface area contributed by atoms with Crippen LogP contribution < -0.4 is 4.74 Å². The van der Waals surface area contributed by atoms with E-state index in [4.69, 9.17) is 4.74 Å². The summed E-state index contributed by atoms with van der Waals surface area (Å²) in [6, 6.07) is 4.30. The number of nitrogens with zero attached hydrogens (tertiary/aromatic N) is 5. The third-order valence-electron chi connectivity index (χ3n) is 4.36. The van der Waals surface area contributed by atoms with Crippen LogP contribution in [-0.4, -0.2) is 44.4 Å². The van der Waals surface area contributed by atoms with Gasteiger partial charge >= 0.3 is 0 Å². The Bertz CT molecular complexity index is 866. The maximum Gasteiger partial charge on any atom is 0.299 e. The van der Waals surface area contributed by atoms with Crippen molar-refractivity contribution in [1.82, 2.24) is 24.2 Å². The first-order valence-corrected chi connectivity index (χ1v) is 9.39. The number of rotatable bonds is 7. The van der Waals surface area contributed by atoms with E-state index in [1.807, 2.05) is 0 Å². The molecule has 26 heavy (non-hydrogen) atoms. The third-order valence-corrected chi connectivity index (χ3v) is 4.95. The lowest BCUT2D eigenvalue weighted by Gasteiger charge is -2.16. The Morgan fingerprint density at radius 2 is 1.88 bits per heavy atom. The van der Waals surface area contributed by atoms with Crippen LogP contribution in [0.1, 0.15) is 23.6 Å². The van der Waals surface area contributed by atoms with Gasteiger partial charge in [0.2, 0.25) is 0 Å². The first kappa shape index (κ1) is 18.4. The molecule has 0 saturated carbocycles. The highest BCUT2D eigenvalue weighted by Crippen LogP contribution is 2.30. The SMILES string of the molecule is CCN(C)CCc1cc(C)c(Oc2nc(-c3cncnc3)ns2)cc1C.